The summed E-state index contributed by atoms with van der Waals surface area (Å²) in [6, 6.07) is 14.6. The molecule has 0 bridgehead atoms. The first kappa shape index (κ1) is 25.8. The first-order valence-corrected chi connectivity index (χ1v) is 12.0. The quantitative estimate of drug-likeness (QED) is 0.219. The summed E-state index contributed by atoms with van der Waals surface area (Å²) in [5.41, 5.74) is 1.62. The smallest absolute Gasteiger partial charge is 0.338 e. The molecule has 0 aliphatic carbocycles. The maximum atomic E-state index is 12.5. The van der Waals surface area contributed by atoms with Gasteiger partial charge >= 0.3 is 5.97 Å². The third kappa shape index (κ3) is 8.17. The fraction of sp³-hybridized carbons (Fsp3) is 0.370. The second-order valence-corrected chi connectivity index (χ2v) is 8.12. The number of benzene rings is 2. The summed E-state index contributed by atoms with van der Waals surface area (Å²) in [7, 11) is 1.50. The number of carbonyl (C=O) groups is 2. The molecule has 0 fully saturated rings. The Morgan fingerprint density at radius 2 is 1.77 bits per heavy atom. The van der Waals surface area contributed by atoms with Crippen molar-refractivity contribution in [2.45, 2.75) is 45.4 Å². The summed E-state index contributed by atoms with van der Waals surface area (Å²) in [6.07, 6.45) is 8.29. The van der Waals surface area contributed by atoms with Crippen LogP contribution in [0.2, 0.25) is 0 Å². The van der Waals surface area contributed by atoms with E-state index in [0.29, 0.717) is 29.4 Å². The minimum Gasteiger partial charge on any atom is -0.495 e. The Morgan fingerprint density at radius 1 is 1.00 bits per heavy atom. The lowest BCUT2D eigenvalue weighted by molar-refractivity contribution is -0.114. The molecule has 1 aromatic heterocycles. The van der Waals surface area contributed by atoms with E-state index < -0.39 is 5.97 Å². The summed E-state index contributed by atoms with van der Waals surface area (Å²) in [5.74, 6) is 0.263. The molecule has 8 nitrogen and oxygen atoms in total. The number of amides is 1. The molecule has 0 atom stereocenters. The molecule has 3 aromatic rings. The highest BCUT2D eigenvalue weighted by atomic mass is 16.5. The molecule has 0 radical (unpaired) electrons. The molecule has 1 heterocycles. The zero-order valence-electron chi connectivity index (χ0n) is 20.3. The van der Waals surface area contributed by atoms with Crippen molar-refractivity contribution >= 4 is 23.6 Å². The maximum Gasteiger partial charge on any atom is 0.338 e. The molecule has 8 heteroatoms. The topological polar surface area (TPSA) is 103 Å². The van der Waals surface area contributed by atoms with Crippen LogP contribution in [0.25, 0.3) is 11.3 Å². The monoisotopic (exact) mass is 479 g/mol. The van der Waals surface area contributed by atoms with E-state index in [1.165, 1.54) is 26.4 Å². The van der Waals surface area contributed by atoms with Crippen molar-refractivity contribution < 1.29 is 23.5 Å². The second-order valence-electron chi connectivity index (χ2n) is 8.12. The van der Waals surface area contributed by atoms with E-state index in [4.69, 9.17) is 13.9 Å². The van der Waals surface area contributed by atoms with Gasteiger partial charge in [-0.1, -0.05) is 69.4 Å². The molecule has 1 amide bonds. The normalized spacial score (nSPS) is 10.6. The van der Waals surface area contributed by atoms with Crippen LogP contribution in [0.15, 0.2) is 59.1 Å². The van der Waals surface area contributed by atoms with Gasteiger partial charge in [0.2, 0.25) is 5.91 Å². The number of ether oxygens (including phenoxy) is 2. The lowest BCUT2D eigenvalue weighted by Gasteiger charge is -2.12. The molecule has 0 aliphatic rings. The molecule has 186 valence electrons. The number of carbonyl (C=O) groups excluding carboxylic acids is 2. The van der Waals surface area contributed by atoms with Gasteiger partial charge in [0.25, 0.3) is 6.01 Å². The van der Waals surface area contributed by atoms with E-state index in [1.807, 2.05) is 30.3 Å². The van der Waals surface area contributed by atoms with Crippen molar-refractivity contribution in [3.05, 3.63) is 60.3 Å². The summed E-state index contributed by atoms with van der Waals surface area (Å²) >= 11 is 0. The van der Waals surface area contributed by atoms with E-state index in [2.05, 4.69) is 22.5 Å². The third-order valence-electron chi connectivity index (χ3n) is 5.40. The number of oxazole rings is 1. The SMILES string of the molecule is CCCCCCCCOC(=O)c1ccc(OC)c(NC(=O)CNc2ncc(-c3ccccc3)o2)c1. The number of unbranched alkanes of at least 4 members (excludes halogenated alkanes) is 5. The van der Waals surface area contributed by atoms with Crippen LogP contribution in [0.3, 0.4) is 0 Å². The van der Waals surface area contributed by atoms with E-state index in [0.717, 1.165) is 24.8 Å². The standard InChI is InChI=1S/C27H33N3O5/c1-3-4-5-6-7-11-16-34-26(32)21-14-15-23(33-2)22(17-21)30-25(31)19-29-27-28-18-24(35-27)20-12-9-8-10-13-20/h8-10,12-15,17-18H,3-7,11,16,19H2,1-2H3,(H,28,29)(H,30,31). The predicted octanol–water partition coefficient (Wildman–Crippen LogP) is 5.92. The highest BCUT2D eigenvalue weighted by Gasteiger charge is 2.14. The summed E-state index contributed by atoms with van der Waals surface area (Å²) in [6.45, 7) is 2.48. The molecular formula is C27H33N3O5. The summed E-state index contributed by atoms with van der Waals surface area (Å²) < 4.78 is 16.4. The lowest BCUT2D eigenvalue weighted by atomic mass is 10.1. The number of hydrogen-bond acceptors (Lipinski definition) is 7. The number of methoxy groups -OCH3 is 1. The molecule has 2 aromatic carbocycles. The Morgan fingerprint density at radius 3 is 2.54 bits per heavy atom. The number of nitrogens with zero attached hydrogens (tertiary/aromatic N) is 1. The van der Waals surface area contributed by atoms with Crippen LogP contribution in [0.4, 0.5) is 11.7 Å². The van der Waals surface area contributed by atoms with Gasteiger partial charge < -0.3 is 24.5 Å². The molecule has 0 unspecified atom stereocenters. The average molecular weight is 480 g/mol. The lowest BCUT2D eigenvalue weighted by Crippen LogP contribution is -2.22. The molecule has 0 saturated carbocycles. The van der Waals surface area contributed by atoms with Crippen molar-refractivity contribution in [2.24, 2.45) is 0 Å². The fourth-order valence-corrected chi connectivity index (χ4v) is 3.51. The van der Waals surface area contributed by atoms with Crippen LogP contribution in [-0.4, -0.2) is 37.1 Å². The van der Waals surface area contributed by atoms with Gasteiger partial charge in [-0.25, -0.2) is 9.78 Å². The van der Waals surface area contributed by atoms with E-state index in [9.17, 15) is 9.59 Å². The zero-order chi connectivity index (χ0) is 24.9. The Balaban J connectivity index is 1.50. The molecular weight excluding hydrogens is 446 g/mol. The number of aromatic nitrogens is 1. The van der Waals surface area contributed by atoms with Crippen molar-refractivity contribution in [2.75, 3.05) is 30.9 Å². The number of esters is 1. The van der Waals surface area contributed by atoms with Gasteiger partial charge in [-0.3, -0.25) is 4.79 Å². The molecule has 0 spiro atoms. The number of anilines is 2. The van der Waals surface area contributed by atoms with Gasteiger partial charge in [-0.05, 0) is 24.6 Å². The largest absolute Gasteiger partial charge is 0.495 e. The summed E-state index contributed by atoms with van der Waals surface area (Å²) in [4.78, 5) is 29.1. The van der Waals surface area contributed by atoms with Gasteiger partial charge in [-0.15, -0.1) is 0 Å². The van der Waals surface area contributed by atoms with Gasteiger partial charge in [0.1, 0.15) is 5.75 Å². The van der Waals surface area contributed by atoms with Gasteiger partial charge in [0.05, 0.1) is 37.7 Å². The van der Waals surface area contributed by atoms with Crippen molar-refractivity contribution in [1.82, 2.24) is 4.98 Å². The average Bonchev–Trinajstić information content (AvgIpc) is 3.36. The van der Waals surface area contributed by atoms with Crippen molar-refractivity contribution in [1.29, 1.82) is 0 Å². The molecule has 0 saturated heterocycles. The number of rotatable bonds is 14. The number of nitrogens with one attached hydrogen (secondary N) is 2. The van der Waals surface area contributed by atoms with Crippen LogP contribution in [0.5, 0.6) is 5.75 Å². The Labute approximate surface area is 206 Å². The van der Waals surface area contributed by atoms with E-state index in [-0.39, 0.29) is 18.5 Å². The second kappa shape index (κ2) is 13.8. The van der Waals surface area contributed by atoms with Gasteiger partial charge in [0.15, 0.2) is 5.76 Å². The fourth-order valence-electron chi connectivity index (χ4n) is 3.51. The van der Waals surface area contributed by atoms with Crippen LogP contribution in [0, 0.1) is 0 Å². The maximum absolute atomic E-state index is 12.5. The minimum absolute atomic E-state index is 0.0788. The third-order valence-corrected chi connectivity index (χ3v) is 5.40. The first-order chi connectivity index (χ1) is 17.1. The van der Waals surface area contributed by atoms with Crippen molar-refractivity contribution in [3.8, 4) is 17.1 Å². The molecule has 0 aliphatic heterocycles. The van der Waals surface area contributed by atoms with Gasteiger partial charge in [-0.2, -0.15) is 0 Å². The van der Waals surface area contributed by atoms with E-state index >= 15 is 0 Å². The van der Waals surface area contributed by atoms with Crippen LogP contribution in [0.1, 0.15) is 55.8 Å². The molecule has 35 heavy (non-hydrogen) atoms. The van der Waals surface area contributed by atoms with E-state index in [1.54, 1.807) is 24.4 Å². The van der Waals surface area contributed by atoms with Crippen LogP contribution >= 0.6 is 0 Å². The minimum atomic E-state index is -0.428. The highest BCUT2D eigenvalue weighted by molar-refractivity contribution is 5.97. The van der Waals surface area contributed by atoms with Crippen LogP contribution < -0.4 is 15.4 Å². The molecule has 2 N–H and O–H groups in total. The Kier molecular flexibility index (Phi) is 10.2. The first-order valence-electron chi connectivity index (χ1n) is 12.0. The number of hydrogen-bond donors (Lipinski definition) is 2. The highest BCUT2D eigenvalue weighted by Crippen LogP contribution is 2.26. The molecule has 3 rings (SSSR count). The van der Waals surface area contributed by atoms with Crippen molar-refractivity contribution in [3.63, 3.8) is 0 Å². The predicted molar refractivity (Wildman–Crippen MR) is 136 cm³/mol. The Hall–Kier alpha value is -3.81. The summed E-state index contributed by atoms with van der Waals surface area (Å²) in [5, 5.41) is 5.62. The van der Waals surface area contributed by atoms with Crippen LogP contribution in [-0.2, 0) is 9.53 Å². The zero-order valence-corrected chi connectivity index (χ0v) is 20.3. The Bertz CT molecular complexity index is 1080. The van der Waals surface area contributed by atoms with Gasteiger partial charge in [0, 0.05) is 5.56 Å².